The Morgan fingerprint density at radius 3 is 2.50 bits per heavy atom. The fourth-order valence-electron chi connectivity index (χ4n) is 2.12. The smallest absolute Gasteiger partial charge is 0.0340 e. The first kappa shape index (κ1) is 11.8. The van der Waals surface area contributed by atoms with Gasteiger partial charge in [-0.1, -0.05) is 19.8 Å². The van der Waals surface area contributed by atoms with Gasteiger partial charge in [0.2, 0.25) is 0 Å². The van der Waals surface area contributed by atoms with Crippen LogP contribution in [0.25, 0.3) is 0 Å². The fourth-order valence-corrected chi connectivity index (χ4v) is 3.37. The highest BCUT2D eigenvalue weighted by atomic mass is 32.2. The second kappa shape index (κ2) is 6.19. The second-order valence-corrected chi connectivity index (χ2v) is 5.85. The Morgan fingerprint density at radius 1 is 1.19 bits per heavy atom. The molecule has 0 heterocycles. The first-order chi connectivity index (χ1) is 7.88. The van der Waals surface area contributed by atoms with Crippen LogP contribution in [-0.4, -0.2) is 11.8 Å². The zero-order valence-corrected chi connectivity index (χ0v) is 10.9. The van der Waals surface area contributed by atoms with Gasteiger partial charge in [0.05, 0.1) is 0 Å². The van der Waals surface area contributed by atoms with Crippen molar-refractivity contribution in [2.24, 2.45) is 0 Å². The van der Waals surface area contributed by atoms with Crippen molar-refractivity contribution in [1.82, 2.24) is 0 Å². The molecule has 0 radical (unpaired) electrons. The molecule has 0 aromatic heterocycles. The van der Waals surface area contributed by atoms with Crippen LogP contribution >= 0.6 is 11.8 Å². The highest BCUT2D eigenvalue weighted by Gasteiger charge is 2.15. The summed E-state index contributed by atoms with van der Waals surface area (Å²) in [5.74, 6) is 0. The van der Waals surface area contributed by atoms with E-state index in [1.807, 2.05) is 0 Å². The Labute approximate surface area is 103 Å². The summed E-state index contributed by atoms with van der Waals surface area (Å²) in [6.07, 6.45) is 6.83. The lowest BCUT2D eigenvalue weighted by Gasteiger charge is -2.09. The lowest BCUT2D eigenvalue weighted by atomic mass is 10.3. The lowest BCUT2D eigenvalue weighted by Crippen LogP contribution is -1.99. The van der Waals surface area contributed by atoms with E-state index >= 15 is 0 Å². The Balaban J connectivity index is 1.86. The summed E-state index contributed by atoms with van der Waals surface area (Å²) in [5, 5.41) is 4.28. The summed E-state index contributed by atoms with van der Waals surface area (Å²) < 4.78 is 0. The van der Waals surface area contributed by atoms with E-state index < -0.39 is 0 Å². The molecule has 0 spiro atoms. The molecule has 1 fully saturated rings. The molecule has 0 atom stereocenters. The van der Waals surface area contributed by atoms with Crippen LogP contribution in [0.4, 0.5) is 5.69 Å². The minimum atomic E-state index is 0.870. The molecule has 0 bridgehead atoms. The molecule has 1 aromatic rings. The lowest BCUT2D eigenvalue weighted by molar-refractivity contribution is 0.886. The molecular formula is C14H21NS. The van der Waals surface area contributed by atoms with E-state index in [4.69, 9.17) is 0 Å². The number of hydrogen-bond acceptors (Lipinski definition) is 2. The molecular weight excluding hydrogens is 214 g/mol. The van der Waals surface area contributed by atoms with Crippen molar-refractivity contribution in [3.63, 3.8) is 0 Å². The van der Waals surface area contributed by atoms with E-state index in [-0.39, 0.29) is 0 Å². The maximum absolute atomic E-state index is 3.41. The predicted octanol–water partition coefficient (Wildman–Crippen LogP) is 4.54. The van der Waals surface area contributed by atoms with Gasteiger partial charge in [0.15, 0.2) is 0 Å². The summed E-state index contributed by atoms with van der Waals surface area (Å²) in [6.45, 7) is 3.26. The minimum Gasteiger partial charge on any atom is -0.385 e. The van der Waals surface area contributed by atoms with Crippen LogP contribution in [0, 0.1) is 0 Å². The second-order valence-electron chi connectivity index (χ2n) is 4.48. The molecule has 0 amide bonds. The summed E-state index contributed by atoms with van der Waals surface area (Å²) >= 11 is 2.06. The minimum absolute atomic E-state index is 0.870. The quantitative estimate of drug-likeness (QED) is 0.804. The average Bonchev–Trinajstić information content (AvgIpc) is 2.81. The molecule has 0 aliphatic heterocycles. The zero-order valence-electron chi connectivity index (χ0n) is 10.0. The number of hydrogen-bond donors (Lipinski definition) is 1. The summed E-state index contributed by atoms with van der Waals surface area (Å²) in [5.41, 5.74) is 1.25. The molecule has 16 heavy (non-hydrogen) atoms. The molecule has 88 valence electrons. The third kappa shape index (κ3) is 3.44. The molecule has 2 heteroatoms. The number of benzene rings is 1. The molecule has 1 aromatic carbocycles. The molecule has 1 N–H and O–H groups in total. The van der Waals surface area contributed by atoms with Gasteiger partial charge in [-0.3, -0.25) is 0 Å². The van der Waals surface area contributed by atoms with Gasteiger partial charge < -0.3 is 5.32 Å². The van der Waals surface area contributed by atoms with E-state index in [1.54, 1.807) is 0 Å². The molecule has 1 saturated carbocycles. The standard InChI is InChI=1S/C14H21NS/c1-2-11-15-12-7-9-14(10-8-12)16-13-5-3-4-6-13/h7-10,13,15H,2-6,11H2,1H3. The Hall–Kier alpha value is -0.630. The van der Waals surface area contributed by atoms with Crippen molar-refractivity contribution in [3.8, 4) is 0 Å². The Morgan fingerprint density at radius 2 is 1.88 bits per heavy atom. The van der Waals surface area contributed by atoms with Gasteiger partial charge >= 0.3 is 0 Å². The highest BCUT2D eigenvalue weighted by molar-refractivity contribution is 8.00. The SMILES string of the molecule is CCCNc1ccc(SC2CCCC2)cc1. The van der Waals surface area contributed by atoms with Gasteiger partial charge in [-0.2, -0.15) is 0 Å². The van der Waals surface area contributed by atoms with Crippen molar-refractivity contribution < 1.29 is 0 Å². The maximum Gasteiger partial charge on any atom is 0.0340 e. The van der Waals surface area contributed by atoms with Crippen molar-refractivity contribution in [2.45, 2.75) is 49.2 Å². The number of rotatable bonds is 5. The van der Waals surface area contributed by atoms with Gasteiger partial charge in [0.25, 0.3) is 0 Å². The first-order valence-corrected chi connectivity index (χ1v) is 7.27. The number of thioether (sulfide) groups is 1. The summed E-state index contributed by atoms with van der Waals surface area (Å²) in [4.78, 5) is 1.42. The van der Waals surface area contributed by atoms with E-state index in [0.717, 1.165) is 11.8 Å². The molecule has 2 rings (SSSR count). The van der Waals surface area contributed by atoms with E-state index in [2.05, 4.69) is 48.3 Å². The molecule has 1 aliphatic carbocycles. The molecule has 1 aliphatic rings. The van der Waals surface area contributed by atoms with Crippen LogP contribution in [0.15, 0.2) is 29.2 Å². The normalized spacial score (nSPS) is 16.6. The first-order valence-electron chi connectivity index (χ1n) is 6.39. The fraction of sp³-hybridized carbons (Fsp3) is 0.571. The average molecular weight is 235 g/mol. The number of nitrogens with one attached hydrogen (secondary N) is 1. The van der Waals surface area contributed by atoms with Crippen molar-refractivity contribution in [1.29, 1.82) is 0 Å². The highest BCUT2D eigenvalue weighted by Crippen LogP contribution is 2.34. The van der Waals surface area contributed by atoms with Crippen LogP contribution in [-0.2, 0) is 0 Å². The predicted molar refractivity (Wildman–Crippen MR) is 73.3 cm³/mol. The number of anilines is 1. The van der Waals surface area contributed by atoms with E-state index in [1.165, 1.54) is 42.7 Å². The van der Waals surface area contributed by atoms with Crippen molar-refractivity contribution >= 4 is 17.4 Å². The Kier molecular flexibility index (Phi) is 4.58. The van der Waals surface area contributed by atoms with Gasteiger partial charge in [0, 0.05) is 22.4 Å². The van der Waals surface area contributed by atoms with Crippen LogP contribution in [0.3, 0.4) is 0 Å². The molecule has 0 unspecified atom stereocenters. The zero-order chi connectivity index (χ0) is 11.2. The van der Waals surface area contributed by atoms with Gasteiger partial charge in [-0.25, -0.2) is 0 Å². The Bertz CT molecular complexity index is 301. The van der Waals surface area contributed by atoms with Gasteiger partial charge in [-0.15, -0.1) is 11.8 Å². The van der Waals surface area contributed by atoms with Crippen LogP contribution in [0.2, 0.25) is 0 Å². The largest absolute Gasteiger partial charge is 0.385 e. The maximum atomic E-state index is 3.41. The topological polar surface area (TPSA) is 12.0 Å². The van der Waals surface area contributed by atoms with E-state index in [9.17, 15) is 0 Å². The van der Waals surface area contributed by atoms with Gasteiger partial charge in [0.1, 0.15) is 0 Å². The molecule has 1 nitrogen and oxygen atoms in total. The van der Waals surface area contributed by atoms with Crippen molar-refractivity contribution in [3.05, 3.63) is 24.3 Å². The van der Waals surface area contributed by atoms with Crippen LogP contribution in [0.1, 0.15) is 39.0 Å². The summed E-state index contributed by atoms with van der Waals surface area (Å²) in [6, 6.07) is 8.90. The monoisotopic (exact) mass is 235 g/mol. The molecule has 0 saturated heterocycles. The van der Waals surface area contributed by atoms with E-state index in [0.29, 0.717) is 0 Å². The third-order valence-electron chi connectivity index (χ3n) is 3.04. The van der Waals surface area contributed by atoms with Crippen LogP contribution in [0.5, 0.6) is 0 Å². The third-order valence-corrected chi connectivity index (χ3v) is 4.39. The van der Waals surface area contributed by atoms with Gasteiger partial charge in [-0.05, 0) is 43.5 Å². The van der Waals surface area contributed by atoms with Crippen LogP contribution < -0.4 is 5.32 Å². The summed E-state index contributed by atoms with van der Waals surface area (Å²) in [7, 11) is 0. The van der Waals surface area contributed by atoms with Crippen molar-refractivity contribution in [2.75, 3.05) is 11.9 Å².